The van der Waals surface area contributed by atoms with Gasteiger partial charge in [0.05, 0.1) is 19.2 Å². The van der Waals surface area contributed by atoms with Gasteiger partial charge in [-0.2, -0.15) is 0 Å². The highest BCUT2D eigenvalue weighted by Gasteiger charge is 2.04. The Morgan fingerprint density at radius 2 is 1.93 bits per heavy atom. The van der Waals surface area contributed by atoms with Crippen LogP contribution in [0.1, 0.15) is 13.3 Å². The molecule has 1 aromatic carbocycles. The molecule has 1 rings (SSSR count). The Labute approximate surface area is 95.4 Å². The van der Waals surface area contributed by atoms with Gasteiger partial charge in [0, 0.05) is 11.8 Å². The van der Waals surface area contributed by atoms with Gasteiger partial charge in [0.2, 0.25) is 0 Å². The lowest BCUT2D eigenvalue weighted by Crippen LogP contribution is -2.07. The summed E-state index contributed by atoms with van der Waals surface area (Å²) in [7, 11) is 3.22. The summed E-state index contributed by atoms with van der Waals surface area (Å²) in [5.74, 6) is 1.41. The van der Waals surface area contributed by atoms with Crippen LogP contribution in [-0.2, 0) is 0 Å². The standard InChI is InChI=1S/C11H15NO2S/c1-4-11(15)12-8-5-6-9(13-2)10(7-8)14-3/h5-7H,4H2,1-3H3,(H,12,15). The number of benzene rings is 1. The summed E-state index contributed by atoms with van der Waals surface area (Å²) in [5.41, 5.74) is 0.916. The van der Waals surface area contributed by atoms with Crippen LogP contribution in [0.15, 0.2) is 18.2 Å². The van der Waals surface area contributed by atoms with Crippen molar-refractivity contribution in [1.29, 1.82) is 0 Å². The molecule has 3 nitrogen and oxygen atoms in total. The molecule has 0 aromatic heterocycles. The molecule has 0 amide bonds. The molecule has 1 N–H and O–H groups in total. The fourth-order valence-corrected chi connectivity index (χ4v) is 1.28. The maximum atomic E-state index is 5.18. The normalized spacial score (nSPS) is 9.53. The Kier molecular flexibility index (Phi) is 4.37. The first-order valence-corrected chi connectivity index (χ1v) is 5.14. The van der Waals surface area contributed by atoms with E-state index in [1.54, 1.807) is 14.2 Å². The summed E-state index contributed by atoms with van der Waals surface area (Å²) in [6.07, 6.45) is 0.823. The van der Waals surface area contributed by atoms with E-state index in [0.29, 0.717) is 11.5 Å². The quantitative estimate of drug-likeness (QED) is 0.798. The third kappa shape index (κ3) is 3.09. The van der Waals surface area contributed by atoms with Gasteiger partial charge in [0.1, 0.15) is 0 Å². The van der Waals surface area contributed by atoms with Gasteiger partial charge in [-0.25, -0.2) is 0 Å². The topological polar surface area (TPSA) is 30.5 Å². The van der Waals surface area contributed by atoms with Gasteiger partial charge >= 0.3 is 0 Å². The zero-order valence-electron chi connectivity index (χ0n) is 9.16. The molecule has 0 aliphatic carbocycles. The molecular formula is C11H15NO2S. The number of hydrogen-bond acceptors (Lipinski definition) is 3. The van der Waals surface area contributed by atoms with Crippen LogP contribution in [0.3, 0.4) is 0 Å². The number of ether oxygens (including phenoxy) is 2. The summed E-state index contributed by atoms with van der Waals surface area (Å²) >= 11 is 5.09. The van der Waals surface area contributed by atoms with Crippen LogP contribution in [0.4, 0.5) is 5.69 Å². The van der Waals surface area contributed by atoms with Crippen LogP contribution < -0.4 is 14.8 Å². The van der Waals surface area contributed by atoms with Crippen LogP contribution in [0.2, 0.25) is 0 Å². The Morgan fingerprint density at radius 3 is 2.47 bits per heavy atom. The van der Waals surface area contributed by atoms with Crippen LogP contribution in [0.25, 0.3) is 0 Å². The highest BCUT2D eigenvalue weighted by molar-refractivity contribution is 7.80. The van der Waals surface area contributed by atoms with Crippen molar-refractivity contribution in [2.75, 3.05) is 19.5 Å². The fourth-order valence-electron chi connectivity index (χ4n) is 1.16. The highest BCUT2D eigenvalue weighted by Crippen LogP contribution is 2.29. The number of anilines is 1. The van der Waals surface area contributed by atoms with E-state index in [9.17, 15) is 0 Å². The Morgan fingerprint density at radius 1 is 1.27 bits per heavy atom. The molecule has 0 aliphatic rings. The van der Waals surface area contributed by atoms with Gasteiger partial charge in [-0.1, -0.05) is 19.1 Å². The van der Waals surface area contributed by atoms with Crippen molar-refractivity contribution in [3.63, 3.8) is 0 Å². The summed E-state index contributed by atoms with van der Waals surface area (Å²) in [4.78, 5) is 0.808. The van der Waals surface area contributed by atoms with Gasteiger partial charge in [-0.05, 0) is 18.6 Å². The van der Waals surface area contributed by atoms with Crippen molar-refractivity contribution in [2.24, 2.45) is 0 Å². The molecule has 0 bridgehead atoms. The zero-order chi connectivity index (χ0) is 11.3. The third-order valence-electron chi connectivity index (χ3n) is 1.99. The number of hydrogen-bond donors (Lipinski definition) is 1. The highest BCUT2D eigenvalue weighted by atomic mass is 32.1. The molecule has 15 heavy (non-hydrogen) atoms. The smallest absolute Gasteiger partial charge is 0.162 e. The monoisotopic (exact) mass is 225 g/mol. The molecule has 0 atom stereocenters. The second kappa shape index (κ2) is 5.56. The molecule has 82 valence electrons. The Bertz CT molecular complexity index is 352. The summed E-state index contributed by atoms with van der Waals surface area (Å²) in [6, 6.07) is 5.61. The molecule has 0 radical (unpaired) electrons. The first-order chi connectivity index (χ1) is 7.21. The zero-order valence-corrected chi connectivity index (χ0v) is 9.98. The van der Waals surface area contributed by atoms with E-state index in [1.807, 2.05) is 25.1 Å². The molecule has 1 aromatic rings. The molecule has 0 saturated heterocycles. The average molecular weight is 225 g/mol. The Hall–Kier alpha value is -1.29. The van der Waals surface area contributed by atoms with E-state index in [1.165, 1.54) is 0 Å². The maximum Gasteiger partial charge on any atom is 0.162 e. The van der Waals surface area contributed by atoms with Crippen molar-refractivity contribution in [2.45, 2.75) is 13.3 Å². The lowest BCUT2D eigenvalue weighted by molar-refractivity contribution is 0.355. The van der Waals surface area contributed by atoms with Crippen molar-refractivity contribution >= 4 is 22.9 Å². The van der Waals surface area contributed by atoms with Gasteiger partial charge in [0.25, 0.3) is 0 Å². The van der Waals surface area contributed by atoms with Gasteiger partial charge in [-0.15, -0.1) is 0 Å². The van der Waals surface area contributed by atoms with Gasteiger partial charge < -0.3 is 14.8 Å². The maximum absolute atomic E-state index is 5.18. The lowest BCUT2D eigenvalue weighted by Gasteiger charge is -2.10. The van der Waals surface area contributed by atoms with Crippen LogP contribution >= 0.6 is 12.2 Å². The van der Waals surface area contributed by atoms with Crippen molar-refractivity contribution in [3.8, 4) is 11.5 Å². The molecule has 0 spiro atoms. The minimum absolute atomic E-state index is 0.696. The number of nitrogens with one attached hydrogen (secondary N) is 1. The second-order valence-corrected chi connectivity index (χ2v) is 3.46. The van der Waals surface area contributed by atoms with Crippen LogP contribution in [-0.4, -0.2) is 19.2 Å². The van der Waals surface area contributed by atoms with E-state index in [2.05, 4.69) is 5.32 Å². The van der Waals surface area contributed by atoms with Crippen molar-refractivity contribution in [3.05, 3.63) is 18.2 Å². The lowest BCUT2D eigenvalue weighted by atomic mass is 10.2. The van der Waals surface area contributed by atoms with E-state index in [4.69, 9.17) is 21.7 Å². The minimum Gasteiger partial charge on any atom is -0.493 e. The molecule has 4 heteroatoms. The van der Waals surface area contributed by atoms with E-state index in [0.717, 1.165) is 17.1 Å². The predicted octanol–water partition coefficient (Wildman–Crippen LogP) is 2.85. The van der Waals surface area contributed by atoms with Crippen molar-refractivity contribution in [1.82, 2.24) is 0 Å². The molecule has 0 saturated carbocycles. The molecule has 0 heterocycles. The first-order valence-electron chi connectivity index (χ1n) is 4.73. The minimum atomic E-state index is 0.696. The predicted molar refractivity (Wildman–Crippen MR) is 66.1 cm³/mol. The van der Waals surface area contributed by atoms with Crippen molar-refractivity contribution < 1.29 is 9.47 Å². The molecular weight excluding hydrogens is 210 g/mol. The summed E-state index contributed by atoms with van der Waals surface area (Å²) < 4.78 is 10.3. The summed E-state index contributed by atoms with van der Waals surface area (Å²) in [5, 5.41) is 3.11. The number of thiocarbonyl (C=S) groups is 1. The van der Waals surface area contributed by atoms with E-state index in [-0.39, 0.29) is 0 Å². The van der Waals surface area contributed by atoms with E-state index >= 15 is 0 Å². The second-order valence-electron chi connectivity index (χ2n) is 2.97. The Balaban J connectivity index is 2.88. The van der Waals surface area contributed by atoms with Crippen LogP contribution in [0, 0.1) is 0 Å². The largest absolute Gasteiger partial charge is 0.493 e. The number of methoxy groups -OCH3 is 2. The SMILES string of the molecule is CCC(=S)Nc1ccc(OC)c(OC)c1. The van der Waals surface area contributed by atoms with Gasteiger partial charge in [-0.3, -0.25) is 0 Å². The summed E-state index contributed by atoms with van der Waals surface area (Å²) in [6.45, 7) is 2.01. The third-order valence-corrected chi connectivity index (χ3v) is 2.38. The van der Waals surface area contributed by atoms with Gasteiger partial charge in [0.15, 0.2) is 11.5 Å². The fraction of sp³-hybridized carbons (Fsp3) is 0.364. The first kappa shape index (κ1) is 11.8. The van der Waals surface area contributed by atoms with E-state index < -0.39 is 0 Å². The average Bonchev–Trinajstić information content (AvgIpc) is 2.28. The van der Waals surface area contributed by atoms with Crippen LogP contribution in [0.5, 0.6) is 11.5 Å². The number of rotatable bonds is 4. The molecule has 0 fully saturated rings. The molecule has 0 unspecified atom stereocenters. The molecule has 0 aliphatic heterocycles.